The summed E-state index contributed by atoms with van der Waals surface area (Å²) in [5.41, 5.74) is 0. The number of nitrogens with zero attached hydrogens (tertiary/aromatic N) is 1. The van der Waals surface area contributed by atoms with Crippen LogP contribution < -0.4 is 0 Å². The molecule has 1 aromatic heterocycles. The lowest BCUT2D eigenvalue weighted by molar-refractivity contribution is -0.143. The summed E-state index contributed by atoms with van der Waals surface area (Å²) in [4.78, 5) is 25.5. The zero-order valence-electron chi connectivity index (χ0n) is 11.9. The second-order valence-corrected chi connectivity index (χ2v) is 5.66. The average Bonchev–Trinajstić information content (AvgIpc) is 2.87. The summed E-state index contributed by atoms with van der Waals surface area (Å²) < 4.78 is 18.7. The van der Waals surface area contributed by atoms with Crippen molar-refractivity contribution in [2.45, 2.75) is 13.3 Å². The maximum atomic E-state index is 13.1. The molecule has 112 valence electrons. The fourth-order valence-electron chi connectivity index (χ4n) is 1.89. The van der Waals surface area contributed by atoms with Crippen LogP contribution in [-0.4, -0.2) is 37.0 Å². The molecule has 1 heterocycles. The van der Waals surface area contributed by atoms with Crippen molar-refractivity contribution in [1.29, 1.82) is 0 Å². The maximum absolute atomic E-state index is 13.1. The maximum Gasteiger partial charge on any atom is 0.307 e. The summed E-state index contributed by atoms with van der Waals surface area (Å²) in [6, 6.07) is 6.17. The molecule has 2 aromatic rings. The smallest absolute Gasteiger partial charge is 0.307 e. The Morgan fingerprint density at radius 3 is 2.81 bits per heavy atom. The van der Waals surface area contributed by atoms with Crippen LogP contribution in [0, 0.1) is 5.82 Å². The molecule has 4 nitrogen and oxygen atoms in total. The molecule has 1 amide bonds. The topological polar surface area (TPSA) is 46.6 Å². The number of hydrogen-bond acceptors (Lipinski definition) is 4. The van der Waals surface area contributed by atoms with E-state index in [2.05, 4.69) is 0 Å². The Hall–Kier alpha value is -1.95. The van der Waals surface area contributed by atoms with Crippen LogP contribution in [0.2, 0.25) is 0 Å². The largest absolute Gasteiger partial charge is 0.466 e. The molecule has 0 fully saturated rings. The summed E-state index contributed by atoms with van der Waals surface area (Å²) in [5.74, 6) is -0.824. The number of esters is 1. The van der Waals surface area contributed by atoms with Gasteiger partial charge in [0, 0.05) is 18.3 Å². The second-order valence-electron chi connectivity index (χ2n) is 4.57. The first-order chi connectivity index (χ1) is 10.0. The van der Waals surface area contributed by atoms with Gasteiger partial charge in [0.25, 0.3) is 5.91 Å². The van der Waals surface area contributed by atoms with Gasteiger partial charge in [-0.15, -0.1) is 11.3 Å². The fourth-order valence-corrected chi connectivity index (χ4v) is 2.97. The summed E-state index contributed by atoms with van der Waals surface area (Å²) in [6.07, 6.45) is 0.162. The Morgan fingerprint density at radius 2 is 2.10 bits per heavy atom. The molecule has 1 aromatic carbocycles. The molecule has 0 N–H and O–H groups in total. The minimum absolute atomic E-state index is 0.162. The lowest BCUT2D eigenvalue weighted by Crippen LogP contribution is -2.28. The van der Waals surface area contributed by atoms with Gasteiger partial charge in [-0.05, 0) is 30.5 Å². The summed E-state index contributed by atoms with van der Waals surface area (Å²) >= 11 is 1.25. The summed E-state index contributed by atoms with van der Waals surface area (Å²) in [5, 5.41) is 0.837. The quantitative estimate of drug-likeness (QED) is 0.798. The number of hydrogen-bond donors (Lipinski definition) is 0. The third-order valence-corrected chi connectivity index (χ3v) is 4.08. The van der Waals surface area contributed by atoms with Crippen molar-refractivity contribution in [3.05, 3.63) is 35.0 Å². The van der Waals surface area contributed by atoms with Crippen LogP contribution in [0.25, 0.3) is 10.1 Å². The molecule has 0 unspecified atom stereocenters. The van der Waals surface area contributed by atoms with Crippen LogP contribution in [-0.2, 0) is 9.53 Å². The number of thiophene rings is 1. The van der Waals surface area contributed by atoms with Crippen LogP contribution in [0.3, 0.4) is 0 Å². The van der Waals surface area contributed by atoms with E-state index in [0.29, 0.717) is 18.0 Å². The fraction of sp³-hybridized carbons (Fsp3) is 0.333. The van der Waals surface area contributed by atoms with Crippen LogP contribution in [0.4, 0.5) is 4.39 Å². The lowest BCUT2D eigenvalue weighted by atomic mass is 10.2. The van der Waals surface area contributed by atoms with Gasteiger partial charge in [-0.1, -0.05) is 6.07 Å². The van der Waals surface area contributed by atoms with Crippen molar-refractivity contribution in [2.24, 2.45) is 0 Å². The highest BCUT2D eigenvalue weighted by molar-refractivity contribution is 7.20. The van der Waals surface area contributed by atoms with E-state index in [-0.39, 0.29) is 24.1 Å². The lowest BCUT2D eigenvalue weighted by Gasteiger charge is -2.15. The highest BCUT2D eigenvalue weighted by atomic mass is 32.1. The molecule has 0 saturated heterocycles. The van der Waals surface area contributed by atoms with Gasteiger partial charge in [-0.2, -0.15) is 0 Å². The van der Waals surface area contributed by atoms with Crippen molar-refractivity contribution in [3.63, 3.8) is 0 Å². The van der Waals surface area contributed by atoms with Crippen LogP contribution in [0.15, 0.2) is 24.3 Å². The first-order valence-corrected chi connectivity index (χ1v) is 7.43. The van der Waals surface area contributed by atoms with Gasteiger partial charge in [0.05, 0.1) is 17.9 Å². The summed E-state index contributed by atoms with van der Waals surface area (Å²) in [6.45, 7) is 2.36. The van der Waals surface area contributed by atoms with Gasteiger partial charge in [0.2, 0.25) is 0 Å². The molecule has 0 saturated carbocycles. The minimum atomic E-state index is -0.324. The van der Waals surface area contributed by atoms with Crippen molar-refractivity contribution in [3.8, 4) is 0 Å². The van der Waals surface area contributed by atoms with Crippen molar-refractivity contribution in [1.82, 2.24) is 4.90 Å². The number of ether oxygens (including phenoxy) is 1. The molecule has 0 atom stereocenters. The molecular weight excluding hydrogens is 293 g/mol. The molecule has 0 spiro atoms. The van der Waals surface area contributed by atoms with E-state index >= 15 is 0 Å². The number of carbonyl (C=O) groups excluding carboxylic acids is 2. The third kappa shape index (κ3) is 3.78. The summed E-state index contributed by atoms with van der Waals surface area (Å²) in [7, 11) is 1.63. The van der Waals surface area contributed by atoms with Crippen molar-refractivity contribution in [2.75, 3.05) is 20.2 Å². The first kappa shape index (κ1) is 15.4. The Kier molecular flexibility index (Phi) is 4.90. The predicted molar refractivity (Wildman–Crippen MR) is 80.0 cm³/mol. The Morgan fingerprint density at radius 1 is 1.33 bits per heavy atom. The number of amides is 1. The van der Waals surface area contributed by atoms with E-state index in [1.165, 1.54) is 28.4 Å². The van der Waals surface area contributed by atoms with Gasteiger partial charge in [-0.25, -0.2) is 4.39 Å². The van der Waals surface area contributed by atoms with E-state index in [1.54, 1.807) is 26.1 Å². The number of rotatable bonds is 5. The predicted octanol–water partition coefficient (Wildman–Crippen LogP) is 3.07. The Balaban J connectivity index is 2.05. The molecule has 21 heavy (non-hydrogen) atoms. The van der Waals surface area contributed by atoms with Gasteiger partial charge in [-0.3, -0.25) is 9.59 Å². The average molecular weight is 309 g/mol. The number of benzene rings is 1. The van der Waals surface area contributed by atoms with Crippen molar-refractivity contribution < 1.29 is 18.7 Å². The van der Waals surface area contributed by atoms with E-state index < -0.39 is 0 Å². The van der Waals surface area contributed by atoms with E-state index in [0.717, 1.165) is 10.1 Å². The first-order valence-electron chi connectivity index (χ1n) is 6.61. The number of carbonyl (C=O) groups is 2. The van der Waals surface area contributed by atoms with Gasteiger partial charge >= 0.3 is 5.97 Å². The Labute approximate surface area is 126 Å². The van der Waals surface area contributed by atoms with Crippen molar-refractivity contribution >= 4 is 33.3 Å². The third-order valence-electron chi connectivity index (χ3n) is 3.00. The molecular formula is C15H16FNO3S. The molecule has 0 aliphatic carbocycles. The zero-order chi connectivity index (χ0) is 15.4. The van der Waals surface area contributed by atoms with Crippen LogP contribution in [0.5, 0.6) is 0 Å². The molecule has 2 rings (SSSR count). The van der Waals surface area contributed by atoms with E-state index in [9.17, 15) is 14.0 Å². The number of fused-ring (bicyclic) bond motifs is 1. The molecule has 0 bridgehead atoms. The van der Waals surface area contributed by atoms with Gasteiger partial charge in [0.1, 0.15) is 5.82 Å². The monoisotopic (exact) mass is 309 g/mol. The molecule has 0 radical (unpaired) electrons. The molecule has 6 heteroatoms. The number of halogens is 1. The normalized spacial score (nSPS) is 10.6. The van der Waals surface area contributed by atoms with Gasteiger partial charge in [0.15, 0.2) is 0 Å². The van der Waals surface area contributed by atoms with Crippen LogP contribution in [0.1, 0.15) is 23.0 Å². The zero-order valence-corrected chi connectivity index (χ0v) is 12.7. The minimum Gasteiger partial charge on any atom is -0.466 e. The Bertz CT molecular complexity index is 668. The highest BCUT2D eigenvalue weighted by Gasteiger charge is 2.16. The SMILES string of the molecule is CCOC(=O)CCN(C)C(=O)c1cc2ccc(F)cc2s1. The molecule has 0 aliphatic rings. The van der Waals surface area contributed by atoms with E-state index in [1.807, 2.05) is 0 Å². The van der Waals surface area contributed by atoms with Crippen LogP contribution >= 0.6 is 11.3 Å². The van der Waals surface area contributed by atoms with E-state index in [4.69, 9.17) is 4.74 Å². The molecule has 0 aliphatic heterocycles. The second kappa shape index (κ2) is 6.67. The highest BCUT2D eigenvalue weighted by Crippen LogP contribution is 2.27. The standard InChI is InChI=1S/C15H16FNO3S/c1-3-20-14(18)6-7-17(2)15(19)13-8-10-4-5-11(16)9-12(10)21-13/h4-5,8-9H,3,6-7H2,1-2H3. The van der Waals surface area contributed by atoms with Gasteiger partial charge < -0.3 is 9.64 Å².